The SMILES string of the molecule is CC(C)n1ccc(COc2ccc(C=O)cc2Cl)n1. The minimum Gasteiger partial charge on any atom is -0.486 e. The van der Waals surface area contributed by atoms with Gasteiger partial charge in [-0.3, -0.25) is 9.48 Å². The molecule has 100 valence electrons. The molecule has 19 heavy (non-hydrogen) atoms. The zero-order valence-corrected chi connectivity index (χ0v) is 11.6. The van der Waals surface area contributed by atoms with Crippen LogP contribution in [0.2, 0.25) is 5.02 Å². The van der Waals surface area contributed by atoms with E-state index in [4.69, 9.17) is 16.3 Å². The summed E-state index contributed by atoms with van der Waals surface area (Å²) in [5.41, 5.74) is 1.37. The van der Waals surface area contributed by atoms with Crippen molar-refractivity contribution in [3.05, 3.63) is 46.7 Å². The van der Waals surface area contributed by atoms with Crippen LogP contribution in [-0.2, 0) is 6.61 Å². The molecule has 0 saturated carbocycles. The van der Waals surface area contributed by atoms with Gasteiger partial charge < -0.3 is 4.74 Å². The van der Waals surface area contributed by atoms with Crippen molar-refractivity contribution in [2.24, 2.45) is 0 Å². The van der Waals surface area contributed by atoms with Crippen molar-refractivity contribution in [2.75, 3.05) is 0 Å². The van der Waals surface area contributed by atoms with Crippen LogP contribution >= 0.6 is 11.6 Å². The number of hydrogen-bond donors (Lipinski definition) is 0. The van der Waals surface area contributed by atoms with Crippen LogP contribution in [0.3, 0.4) is 0 Å². The summed E-state index contributed by atoms with van der Waals surface area (Å²) in [6.45, 7) is 4.47. The molecular formula is C14H15ClN2O2. The summed E-state index contributed by atoms with van der Waals surface area (Å²) in [6.07, 6.45) is 2.67. The third-order valence-electron chi connectivity index (χ3n) is 2.66. The second kappa shape index (κ2) is 5.89. The molecule has 0 aliphatic rings. The number of carbonyl (C=O) groups excluding carboxylic acids is 1. The van der Waals surface area contributed by atoms with Gasteiger partial charge in [0.1, 0.15) is 18.6 Å². The van der Waals surface area contributed by atoms with Crippen LogP contribution in [0.1, 0.15) is 35.9 Å². The van der Waals surface area contributed by atoms with Gasteiger partial charge in [0.05, 0.1) is 10.7 Å². The Labute approximate surface area is 116 Å². The van der Waals surface area contributed by atoms with Crippen LogP contribution in [-0.4, -0.2) is 16.1 Å². The van der Waals surface area contributed by atoms with Gasteiger partial charge in [-0.2, -0.15) is 5.10 Å². The van der Waals surface area contributed by atoms with Gasteiger partial charge in [0.2, 0.25) is 0 Å². The van der Waals surface area contributed by atoms with Gasteiger partial charge in [-0.05, 0) is 38.1 Å². The van der Waals surface area contributed by atoms with Gasteiger partial charge in [-0.15, -0.1) is 0 Å². The first-order chi connectivity index (χ1) is 9.10. The van der Waals surface area contributed by atoms with Crippen molar-refractivity contribution in [1.82, 2.24) is 9.78 Å². The van der Waals surface area contributed by atoms with E-state index in [9.17, 15) is 4.79 Å². The zero-order valence-electron chi connectivity index (χ0n) is 10.8. The van der Waals surface area contributed by atoms with Crippen LogP contribution in [0.25, 0.3) is 0 Å². The summed E-state index contributed by atoms with van der Waals surface area (Å²) in [7, 11) is 0. The Morgan fingerprint density at radius 3 is 2.79 bits per heavy atom. The van der Waals surface area contributed by atoms with Crippen molar-refractivity contribution in [2.45, 2.75) is 26.5 Å². The molecule has 0 bridgehead atoms. The molecule has 0 amide bonds. The van der Waals surface area contributed by atoms with Crippen molar-refractivity contribution in [3.63, 3.8) is 0 Å². The largest absolute Gasteiger partial charge is 0.486 e. The van der Waals surface area contributed by atoms with Crippen LogP contribution in [0, 0.1) is 0 Å². The standard InChI is InChI=1S/C14H15ClN2O2/c1-10(2)17-6-5-12(16-17)9-19-14-4-3-11(8-18)7-13(14)15/h3-8,10H,9H2,1-2H3. The van der Waals surface area contributed by atoms with E-state index >= 15 is 0 Å². The summed E-state index contributed by atoms with van der Waals surface area (Å²) in [4.78, 5) is 10.6. The van der Waals surface area contributed by atoms with E-state index in [1.807, 2.05) is 16.9 Å². The number of aldehydes is 1. The van der Waals surface area contributed by atoms with Crippen molar-refractivity contribution >= 4 is 17.9 Å². The summed E-state index contributed by atoms with van der Waals surface area (Å²) in [5.74, 6) is 0.548. The lowest BCUT2D eigenvalue weighted by atomic mass is 10.2. The predicted molar refractivity (Wildman–Crippen MR) is 73.8 cm³/mol. The Morgan fingerprint density at radius 1 is 1.42 bits per heavy atom. The fourth-order valence-electron chi connectivity index (χ4n) is 1.60. The van der Waals surface area contributed by atoms with E-state index < -0.39 is 0 Å². The van der Waals surface area contributed by atoms with Gasteiger partial charge >= 0.3 is 0 Å². The quantitative estimate of drug-likeness (QED) is 0.786. The van der Waals surface area contributed by atoms with Gasteiger partial charge in [0.25, 0.3) is 0 Å². The molecule has 1 heterocycles. The van der Waals surface area contributed by atoms with Crippen molar-refractivity contribution in [1.29, 1.82) is 0 Å². The summed E-state index contributed by atoms with van der Waals surface area (Å²) in [6, 6.07) is 7.17. The Morgan fingerprint density at radius 2 is 2.21 bits per heavy atom. The van der Waals surface area contributed by atoms with E-state index in [2.05, 4.69) is 18.9 Å². The number of rotatable bonds is 5. The molecule has 0 atom stereocenters. The first kappa shape index (κ1) is 13.6. The molecule has 1 aromatic carbocycles. The predicted octanol–water partition coefficient (Wildman–Crippen LogP) is 3.51. The summed E-state index contributed by atoms with van der Waals surface area (Å²) < 4.78 is 7.46. The first-order valence-corrected chi connectivity index (χ1v) is 6.39. The molecule has 4 nitrogen and oxygen atoms in total. The Balaban J connectivity index is 2.03. The lowest BCUT2D eigenvalue weighted by Crippen LogP contribution is -2.03. The molecule has 0 N–H and O–H groups in total. The zero-order chi connectivity index (χ0) is 13.8. The van der Waals surface area contributed by atoms with Gasteiger partial charge in [0, 0.05) is 17.8 Å². The Kier molecular flexibility index (Phi) is 4.22. The average molecular weight is 279 g/mol. The number of nitrogens with zero attached hydrogens (tertiary/aromatic N) is 2. The lowest BCUT2D eigenvalue weighted by Gasteiger charge is -2.07. The van der Waals surface area contributed by atoms with E-state index in [1.165, 1.54) is 0 Å². The number of ether oxygens (including phenoxy) is 1. The Bertz CT molecular complexity index is 579. The fourth-order valence-corrected chi connectivity index (χ4v) is 1.84. The number of benzene rings is 1. The van der Waals surface area contributed by atoms with E-state index in [0.29, 0.717) is 29.0 Å². The van der Waals surface area contributed by atoms with Crippen LogP contribution in [0.4, 0.5) is 0 Å². The topological polar surface area (TPSA) is 44.1 Å². The lowest BCUT2D eigenvalue weighted by molar-refractivity contribution is 0.112. The minimum absolute atomic E-state index is 0.323. The molecular weight excluding hydrogens is 264 g/mol. The number of carbonyl (C=O) groups is 1. The molecule has 2 rings (SSSR count). The maximum Gasteiger partial charge on any atom is 0.150 e. The number of halogens is 1. The summed E-state index contributed by atoms with van der Waals surface area (Å²) in [5, 5.41) is 4.80. The number of hydrogen-bond acceptors (Lipinski definition) is 3. The molecule has 0 unspecified atom stereocenters. The highest BCUT2D eigenvalue weighted by Crippen LogP contribution is 2.25. The van der Waals surface area contributed by atoms with Gasteiger partial charge in [-0.25, -0.2) is 0 Å². The molecule has 2 aromatic rings. The molecule has 0 fully saturated rings. The molecule has 1 aromatic heterocycles. The van der Waals surface area contributed by atoms with Crippen molar-refractivity contribution < 1.29 is 9.53 Å². The second-order valence-corrected chi connectivity index (χ2v) is 4.88. The third-order valence-corrected chi connectivity index (χ3v) is 2.96. The highest BCUT2D eigenvalue weighted by molar-refractivity contribution is 6.32. The average Bonchev–Trinajstić information content (AvgIpc) is 2.86. The summed E-state index contributed by atoms with van der Waals surface area (Å²) >= 11 is 6.02. The first-order valence-electron chi connectivity index (χ1n) is 6.01. The van der Waals surface area contributed by atoms with E-state index in [1.54, 1.807) is 18.2 Å². The number of aromatic nitrogens is 2. The molecule has 5 heteroatoms. The highest BCUT2D eigenvalue weighted by Gasteiger charge is 2.06. The molecule has 0 aliphatic heterocycles. The smallest absolute Gasteiger partial charge is 0.150 e. The van der Waals surface area contributed by atoms with Gasteiger partial charge in [0.15, 0.2) is 0 Å². The molecule has 0 aliphatic carbocycles. The molecule has 0 saturated heterocycles. The highest BCUT2D eigenvalue weighted by atomic mass is 35.5. The maximum atomic E-state index is 10.6. The normalized spacial score (nSPS) is 10.7. The fraction of sp³-hybridized carbons (Fsp3) is 0.286. The van der Waals surface area contributed by atoms with E-state index in [-0.39, 0.29) is 0 Å². The van der Waals surface area contributed by atoms with Crippen LogP contribution in [0.5, 0.6) is 5.75 Å². The molecule has 0 spiro atoms. The second-order valence-electron chi connectivity index (χ2n) is 4.48. The monoisotopic (exact) mass is 278 g/mol. The molecule has 0 radical (unpaired) electrons. The maximum absolute atomic E-state index is 10.6. The third kappa shape index (κ3) is 3.35. The minimum atomic E-state index is 0.323. The van der Waals surface area contributed by atoms with Crippen LogP contribution < -0.4 is 4.74 Å². The Hall–Kier alpha value is -1.81. The van der Waals surface area contributed by atoms with Gasteiger partial charge in [-0.1, -0.05) is 11.6 Å². The van der Waals surface area contributed by atoms with Crippen LogP contribution in [0.15, 0.2) is 30.5 Å². The van der Waals surface area contributed by atoms with Crippen molar-refractivity contribution in [3.8, 4) is 5.75 Å². The van der Waals surface area contributed by atoms with E-state index in [0.717, 1.165) is 12.0 Å².